The molecule has 0 spiro atoms. The van der Waals surface area contributed by atoms with Gasteiger partial charge in [0.15, 0.2) is 5.82 Å². The number of alkyl halides is 3. The predicted molar refractivity (Wildman–Crippen MR) is 185 cm³/mol. The second-order valence-electron chi connectivity index (χ2n) is 8.25. The van der Waals surface area contributed by atoms with Gasteiger partial charge in [-0.15, -0.1) is 12.5 Å². The average Bonchev–Trinajstić information content (AvgIpc) is 2.99. The zero-order valence-electron chi connectivity index (χ0n) is 27.1. The summed E-state index contributed by atoms with van der Waals surface area (Å²) < 4.78 is 60.2. The summed E-state index contributed by atoms with van der Waals surface area (Å²) in [7, 11) is -2.30. The van der Waals surface area contributed by atoms with Crippen LogP contribution in [0, 0.1) is 11.8 Å². The third-order valence-corrected chi connectivity index (χ3v) is 5.81. The molecule has 0 bridgehead atoms. The second kappa shape index (κ2) is 25.9. The van der Waals surface area contributed by atoms with E-state index in [1.165, 1.54) is 12.2 Å². The molecule has 0 aliphatic rings. The van der Waals surface area contributed by atoms with E-state index in [0.29, 0.717) is 35.5 Å². The minimum absolute atomic E-state index is 0.0737. The molecule has 0 amide bonds. The summed E-state index contributed by atoms with van der Waals surface area (Å²) in [6.45, 7) is 13.7. The van der Waals surface area contributed by atoms with Crippen molar-refractivity contribution in [3.8, 4) is 11.8 Å². The van der Waals surface area contributed by atoms with Crippen molar-refractivity contribution in [2.24, 2.45) is 5.14 Å². The molecule has 2 aromatic heterocycles. The highest BCUT2D eigenvalue weighted by molar-refractivity contribution is 7.84. The molecule has 3 unspecified atom stereocenters. The number of nitrogens with zero attached hydrogens (tertiary/aromatic N) is 3. The predicted octanol–water partition coefficient (Wildman–Crippen LogP) is 5.93. The Hall–Kier alpha value is -3.38. The van der Waals surface area contributed by atoms with Crippen molar-refractivity contribution in [1.82, 2.24) is 15.0 Å². The number of nitrogens with two attached hydrogens (primary N) is 1. The van der Waals surface area contributed by atoms with E-state index in [4.69, 9.17) is 5.14 Å². The van der Waals surface area contributed by atoms with Crippen LogP contribution in [0.4, 0.5) is 24.9 Å². The molecule has 0 aliphatic heterocycles. The molecular weight excluding hydrogens is 626 g/mol. The first-order valence-corrected chi connectivity index (χ1v) is 17.4. The van der Waals surface area contributed by atoms with Gasteiger partial charge in [-0.2, -0.15) is 18.2 Å². The number of hydrogen-bond donors (Lipinski definition) is 4. The number of nitrogens with one attached hydrogen (secondary N) is 2. The van der Waals surface area contributed by atoms with E-state index >= 15 is 0 Å². The molecule has 2 rings (SSSR count). The highest BCUT2D eigenvalue weighted by Crippen LogP contribution is 2.25. The maximum atomic E-state index is 12.9. The third-order valence-electron chi connectivity index (χ3n) is 4.61. The SMILES string of the molecule is C=CCS(N)=O.CC.CC.CC#CC/C=C/CNc1nc(NCC(F)(F)F)c2nc(C(/C=C\C(C)O)=C/CS(C)=O)ccc2n1. The van der Waals surface area contributed by atoms with Gasteiger partial charge in [-0.1, -0.05) is 70.1 Å². The molecule has 0 saturated carbocycles. The topological polar surface area (TPSA) is 143 Å². The van der Waals surface area contributed by atoms with Gasteiger partial charge in [-0.25, -0.2) is 14.2 Å². The van der Waals surface area contributed by atoms with Crippen LogP contribution in [-0.4, -0.2) is 71.6 Å². The maximum Gasteiger partial charge on any atom is 0.405 e. The number of anilines is 2. The molecule has 0 saturated heterocycles. The summed E-state index contributed by atoms with van der Waals surface area (Å²) in [6.07, 6.45) is 7.01. The lowest BCUT2D eigenvalue weighted by Gasteiger charge is -2.13. The van der Waals surface area contributed by atoms with Gasteiger partial charge in [-0.05, 0) is 31.6 Å². The fourth-order valence-electron chi connectivity index (χ4n) is 2.86. The molecule has 252 valence electrons. The number of halogens is 3. The number of fused-ring (bicyclic) bond motifs is 1. The van der Waals surface area contributed by atoms with E-state index in [1.54, 1.807) is 44.4 Å². The van der Waals surface area contributed by atoms with E-state index in [2.05, 4.69) is 44.0 Å². The minimum atomic E-state index is -4.46. The van der Waals surface area contributed by atoms with Crippen LogP contribution < -0.4 is 15.8 Å². The van der Waals surface area contributed by atoms with Crippen LogP contribution in [0.25, 0.3) is 16.6 Å². The monoisotopic (exact) mass is 672 g/mol. The molecule has 0 aliphatic carbocycles. The van der Waals surface area contributed by atoms with Crippen LogP contribution >= 0.6 is 0 Å². The Morgan fingerprint density at radius 1 is 1.11 bits per heavy atom. The molecule has 2 heterocycles. The summed E-state index contributed by atoms with van der Waals surface area (Å²) in [5, 5.41) is 19.7. The number of pyridine rings is 1. The number of aromatic nitrogens is 3. The number of allylic oxidation sites excluding steroid dienone is 3. The molecular formula is C31H47F3N6O3S2. The zero-order chi connectivity index (χ0) is 34.8. The van der Waals surface area contributed by atoms with Crippen molar-refractivity contribution < 1.29 is 26.7 Å². The van der Waals surface area contributed by atoms with Crippen molar-refractivity contribution in [3.63, 3.8) is 0 Å². The van der Waals surface area contributed by atoms with Crippen molar-refractivity contribution in [1.29, 1.82) is 0 Å². The van der Waals surface area contributed by atoms with Gasteiger partial charge in [0.25, 0.3) is 0 Å². The Bertz CT molecular complexity index is 1350. The highest BCUT2D eigenvalue weighted by Gasteiger charge is 2.27. The van der Waals surface area contributed by atoms with Crippen molar-refractivity contribution >= 4 is 50.2 Å². The molecule has 5 N–H and O–H groups in total. The van der Waals surface area contributed by atoms with Gasteiger partial charge in [0.1, 0.15) is 12.1 Å². The van der Waals surface area contributed by atoms with Crippen molar-refractivity contribution in [3.05, 3.63) is 60.9 Å². The van der Waals surface area contributed by atoms with Gasteiger partial charge in [0.2, 0.25) is 5.95 Å². The average molecular weight is 673 g/mol. The van der Waals surface area contributed by atoms with Crippen LogP contribution in [0.5, 0.6) is 0 Å². The van der Waals surface area contributed by atoms with Crippen molar-refractivity contribution in [2.45, 2.75) is 60.2 Å². The lowest BCUT2D eigenvalue weighted by atomic mass is 10.1. The summed E-state index contributed by atoms with van der Waals surface area (Å²) in [5.74, 6) is 6.38. The summed E-state index contributed by atoms with van der Waals surface area (Å²) in [4.78, 5) is 13.1. The van der Waals surface area contributed by atoms with Gasteiger partial charge in [0.05, 0.1) is 34.1 Å². The first-order chi connectivity index (χ1) is 21.4. The smallest absolute Gasteiger partial charge is 0.389 e. The molecule has 9 nitrogen and oxygen atoms in total. The Labute approximate surface area is 270 Å². The molecule has 0 aromatic carbocycles. The molecule has 45 heavy (non-hydrogen) atoms. The van der Waals surface area contributed by atoms with E-state index in [-0.39, 0.29) is 23.0 Å². The fraction of sp³-hybridized carbons (Fsp3) is 0.452. The number of hydrogen-bond acceptors (Lipinski definition) is 8. The molecule has 0 radical (unpaired) electrons. The normalized spacial score (nSPS) is 13.1. The Kier molecular flexibility index (Phi) is 25.2. The lowest BCUT2D eigenvalue weighted by molar-refractivity contribution is -0.115. The van der Waals surface area contributed by atoms with E-state index in [9.17, 15) is 26.7 Å². The third kappa shape index (κ3) is 21.9. The first-order valence-electron chi connectivity index (χ1n) is 14.2. The van der Waals surface area contributed by atoms with Gasteiger partial charge in [0, 0.05) is 35.8 Å². The second-order valence-corrected chi connectivity index (χ2v) is 10.8. The Balaban J connectivity index is 0. The Morgan fingerprint density at radius 3 is 2.29 bits per heavy atom. The quantitative estimate of drug-likeness (QED) is 0.117. The highest BCUT2D eigenvalue weighted by atomic mass is 32.2. The largest absolute Gasteiger partial charge is 0.405 e. The fourth-order valence-corrected chi connectivity index (χ4v) is 3.51. The Morgan fingerprint density at radius 2 is 1.78 bits per heavy atom. The first kappa shape index (κ1) is 43.7. The van der Waals surface area contributed by atoms with E-state index in [1.807, 2.05) is 39.8 Å². The standard InChI is InChI=1S/C24H28F3N5O2S.C3H7NOS.2C2H6/c1-4-5-6-7-8-14-28-23-31-20-12-11-19(18(10-9-17(2)33)13-15-35(3)34)30-21(20)22(32-23)29-16-24(25,26)27;1-2-3-6(4)5;2*1-2/h7-13,17,33H,6,14-16H2,1-3H3,(H2,28,29,31,32);2H,1,3-4H2;2*1-2H3/b8-7+,10-9-,18-13+;;;. The molecule has 3 atom stereocenters. The van der Waals surface area contributed by atoms with Crippen LogP contribution in [0.15, 0.2) is 55.2 Å². The van der Waals surface area contributed by atoms with Crippen LogP contribution in [0.1, 0.15) is 53.7 Å². The van der Waals surface area contributed by atoms with E-state index < -0.39 is 40.6 Å². The van der Waals surface area contributed by atoms with Crippen LogP contribution in [0.3, 0.4) is 0 Å². The zero-order valence-corrected chi connectivity index (χ0v) is 28.7. The van der Waals surface area contributed by atoms with E-state index in [0.717, 1.165) is 0 Å². The summed E-state index contributed by atoms with van der Waals surface area (Å²) in [5.41, 5.74) is 1.47. The van der Waals surface area contributed by atoms with Crippen molar-refractivity contribution in [2.75, 3.05) is 41.5 Å². The number of aliphatic hydroxyl groups excluding tert-OH is 1. The lowest BCUT2D eigenvalue weighted by Crippen LogP contribution is -2.22. The molecule has 2 aromatic rings. The van der Waals surface area contributed by atoms with Gasteiger partial charge in [-0.3, -0.25) is 9.35 Å². The molecule has 14 heteroatoms. The van der Waals surface area contributed by atoms with Gasteiger partial charge >= 0.3 is 6.18 Å². The van der Waals surface area contributed by atoms with Gasteiger partial charge < -0.3 is 15.7 Å². The maximum absolute atomic E-state index is 12.9. The molecule has 0 fully saturated rings. The summed E-state index contributed by atoms with van der Waals surface area (Å²) >= 11 is 0. The minimum Gasteiger partial charge on any atom is -0.389 e. The number of rotatable bonds is 13. The van der Waals surface area contributed by atoms with Crippen LogP contribution in [-0.2, 0) is 21.8 Å². The summed E-state index contributed by atoms with van der Waals surface area (Å²) in [6, 6.07) is 3.29. The number of aliphatic hydroxyl groups is 1. The van der Waals surface area contributed by atoms with Crippen LogP contribution in [0.2, 0.25) is 0 Å².